The fraction of sp³-hybridized carbons (Fsp3) is 0.192. The van der Waals surface area contributed by atoms with Gasteiger partial charge >= 0.3 is 0 Å². The number of hydrogen-bond acceptors (Lipinski definition) is 6. The number of fused-ring (bicyclic) bond motifs is 3. The van der Waals surface area contributed by atoms with Crippen molar-refractivity contribution in [2.24, 2.45) is 14.1 Å². The standard InChI is InChI=1S/C26H26N8O2/c1-16(35)33(4)34(15-19-13-28-25(31(19)2)17-8-6-5-7-9-17)26(36)18-10-11-22-20(12-18)23-21(24(27)30-22)14-29-32(23)3/h5-14H,15H2,1-4H3,(H2,27,30). The van der Waals surface area contributed by atoms with Crippen molar-refractivity contribution in [3.63, 3.8) is 0 Å². The second kappa shape index (κ2) is 8.81. The number of hydrogen-bond donors (Lipinski definition) is 1. The predicted octanol–water partition coefficient (Wildman–Crippen LogP) is 3.14. The van der Waals surface area contributed by atoms with Gasteiger partial charge in [0.15, 0.2) is 0 Å². The maximum Gasteiger partial charge on any atom is 0.272 e. The zero-order valence-electron chi connectivity index (χ0n) is 20.5. The van der Waals surface area contributed by atoms with Crippen LogP contribution in [0.15, 0.2) is 60.9 Å². The number of aromatic nitrogens is 5. The van der Waals surface area contributed by atoms with E-state index in [2.05, 4.69) is 15.1 Å². The number of anilines is 1. The first-order chi connectivity index (χ1) is 17.3. The Morgan fingerprint density at radius 1 is 1.03 bits per heavy atom. The Hall–Kier alpha value is -4.73. The van der Waals surface area contributed by atoms with E-state index in [0.29, 0.717) is 16.9 Å². The Kier molecular flexibility index (Phi) is 5.63. The van der Waals surface area contributed by atoms with E-state index in [1.807, 2.05) is 49.0 Å². The summed E-state index contributed by atoms with van der Waals surface area (Å²) in [5, 5.41) is 8.51. The maximum atomic E-state index is 13.8. The fourth-order valence-electron chi connectivity index (χ4n) is 4.32. The lowest BCUT2D eigenvalue weighted by Gasteiger charge is -2.31. The summed E-state index contributed by atoms with van der Waals surface area (Å²) in [5.74, 6) is 0.562. The van der Waals surface area contributed by atoms with Crippen LogP contribution in [0.2, 0.25) is 0 Å². The van der Waals surface area contributed by atoms with Crippen LogP contribution in [0.1, 0.15) is 23.0 Å². The molecular weight excluding hydrogens is 456 g/mol. The summed E-state index contributed by atoms with van der Waals surface area (Å²) < 4.78 is 3.64. The molecule has 10 nitrogen and oxygen atoms in total. The van der Waals surface area contributed by atoms with E-state index in [0.717, 1.165) is 33.4 Å². The second-order valence-corrected chi connectivity index (χ2v) is 8.66. The Labute approximate surface area is 207 Å². The van der Waals surface area contributed by atoms with Gasteiger partial charge in [0.25, 0.3) is 5.91 Å². The van der Waals surface area contributed by atoms with Gasteiger partial charge in [0.2, 0.25) is 5.91 Å². The summed E-state index contributed by atoms with van der Waals surface area (Å²) in [6.07, 6.45) is 3.39. The molecule has 0 aliphatic rings. The lowest BCUT2D eigenvalue weighted by atomic mass is 10.1. The molecule has 0 atom stereocenters. The first-order valence-corrected chi connectivity index (χ1v) is 11.4. The van der Waals surface area contributed by atoms with Crippen molar-refractivity contribution in [1.29, 1.82) is 0 Å². The first kappa shape index (κ1) is 23.0. The van der Waals surface area contributed by atoms with Crippen molar-refractivity contribution in [2.45, 2.75) is 13.5 Å². The van der Waals surface area contributed by atoms with Gasteiger partial charge in [-0.3, -0.25) is 19.3 Å². The molecule has 0 radical (unpaired) electrons. The summed E-state index contributed by atoms with van der Waals surface area (Å²) >= 11 is 0. The molecule has 0 fully saturated rings. The predicted molar refractivity (Wildman–Crippen MR) is 137 cm³/mol. The normalized spacial score (nSPS) is 11.2. The highest BCUT2D eigenvalue weighted by atomic mass is 16.2. The molecule has 3 heterocycles. The van der Waals surface area contributed by atoms with Crippen LogP contribution in [-0.2, 0) is 25.4 Å². The molecule has 2 aromatic carbocycles. The number of nitrogen functional groups attached to an aromatic ring is 1. The Bertz CT molecular complexity index is 1620. The number of pyridine rings is 1. The van der Waals surface area contributed by atoms with E-state index < -0.39 is 0 Å². The molecule has 0 aliphatic heterocycles. The summed E-state index contributed by atoms with van der Waals surface area (Å²) in [7, 11) is 5.29. The third kappa shape index (κ3) is 3.82. The molecule has 36 heavy (non-hydrogen) atoms. The molecule has 2 N–H and O–H groups in total. The van der Waals surface area contributed by atoms with E-state index in [-0.39, 0.29) is 18.4 Å². The molecule has 10 heteroatoms. The number of hydrazine groups is 1. The highest BCUT2D eigenvalue weighted by molar-refractivity contribution is 6.10. The van der Waals surface area contributed by atoms with Gasteiger partial charge in [-0.05, 0) is 18.2 Å². The average molecular weight is 483 g/mol. The zero-order chi connectivity index (χ0) is 25.6. The molecule has 0 bridgehead atoms. The van der Waals surface area contributed by atoms with Gasteiger partial charge in [-0.25, -0.2) is 15.0 Å². The number of benzene rings is 2. The van der Waals surface area contributed by atoms with Crippen molar-refractivity contribution in [2.75, 3.05) is 12.8 Å². The van der Waals surface area contributed by atoms with Crippen molar-refractivity contribution < 1.29 is 9.59 Å². The Morgan fingerprint density at radius 2 is 1.78 bits per heavy atom. The van der Waals surface area contributed by atoms with Gasteiger partial charge in [0.05, 0.1) is 41.1 Å². The number of amides is 2. The number of aryl methyl sites for hydroxylation is 1. The third-order valence-electron chi connectivity index (χ3n) is 6.43. The number of nitrogens with two attached hydrogens (primary N) is 1. The Balaban J connectivity index is 1.55. The maximum absolute atomic E-state index is 13.8. The SMILES string of the molecule is CC(=O)N(C)N(Cc1cnc(-c2ccccc2)n1C)C(=O)c1ccc2nc(N)c3cnn(C)c3c2c1. The molecule has 5 aromatic rings. The average Bonchev–Trinajstić information content (AvgIpc) is 3.45. The number of rotatable bonds is 4. The van der Waals surface area contributed by atoms with Gasteiger partial charge in [0.1, 0.15) is 11.6 Å². The van der Waals surface area contributed by atoms with E-state index in [4.69, 9.17) is 5.73 Å². The van der Waals surface area contributed by atoms with Crippen molar-refractivity contribution in [3.8, 4) is 11.4 Å². The number of carbonyl (C=O) groups excluding carboxylic acids is 2. The minimum Gasteiger partial charge on any atom is -0.383 e. The van der Waals surface area contributed by atoms with Crippen LogP contribution in [0.3, 0.4) is 0 Å². The van der Waals surface area contributed by atoms with Crippen molar-refractivity contribution >= 4 is 39.4 Å². The minimum atomic E-state index is -0.329. The summed E-state index contributed by atoms with van der Waals surface area (Å²) in [4.78, 5) is 35.1. The van der Waals surface area contributed by atoms with Crippen LogP contribution in [0.4, 0.5) is 5.82 Å². The molecule has 0 aliphatic carbocycles. The molecule has 3 aromatic heterocycles. The molecule has 0 unspecified atom stereocenters. The number of nitrogens with zero attached hydrogens (tertiary/aromatic N) is 7. The topological polar surface area (TPSA) is 115 Å². The molecule has 0 spiro atoms. The first-order valence-electron chi connectivity index (χ1n) is 11.4. The van der Waals surface area contributed by atoms with Gasteiger partial charge in [-0.15, -0.1) is 0 Å². The highest BCUT2D eigenvalue weighted by Crippen LogP contribution is 2.29. The smallest absolute Gasteiger partial charge is 0.272 e. The van der Waals surface area contributed by atoms with Crippen molar-refractivity contribution in [3.05, 3.63) is 72.2 Å². The highest BCUT2D eigenvalue weighted by Gasteiger charge is 2.25. The van der Waals surface area contributed by atoms with Crippen LogP contribution < -0.4 is 5.73 Å². The van der Waals surface area contributed by atoms with Crippen LogP contribution >= 0.6 is 0 Å². The van der Waals surface area contributed by atoms with Gasteiger partial charge < -0.3 is 10.3 Å². The van der Waals surface area contributed by atoms with Crippen LogP contribution in [0.25, 0.3) is 33.2 Å². The minimum absolute atomic E-state index is 0.157. The molecule has 0 saturated carbocycles. The zero-order valence-corrected chi connectivity index (χ0v) is 20.5. The third-order valence-corrected chi connectivity index (χ3v) is 6.43. The number of imidazole rings is 1. The molecule has 2 amide bonds. The van der Waals surface area contributed by atoms with Gasteiger partial charge in [-0.2, -0.15) is 5.10 Å². The summed E-state index contributed by atoms with van der Waals surface area (Å²) in [6.45, 7) is 1.58. The van der Waals surface area contributed by atoms with E-state index in [1.54, 1.807) is 42.3 Å². The van der Waals surface area contributed by atoms with Crippen LogP contribution in [0, 0.1) is 0 Å². The lowest BCUT2D eigenvalue weighted by Crippen LogP contribution is -2.46. The van der Waals surface area contributed by atoms with Gasteiger partial charge in [0, 0.05) is 44.6 Å². The van der Waals surface area contributed by atoms with E-state index in [9.17, 15) is 9.59 Å². The van der Waals surface area contributed by atoms with E-state index >= 15 is 0 Å². The summed E-state index contributed by atoms with van der Waals surface area (Å²) in [6, 6.07) is 15.0. The molecule has 0 saturated heterocycles. The van der Waals surface area contributed by atoms with E-state index in [1.165, 1.54) is 16.9 Å². The van der Waals surface area contributed by atoms with Crippen LogP contribution in [0.5, 0.6) is 0 Å². The van der Waals surface area contributed by atoms with Crippen molar-refractivity contribution in [1.82, 2.24) is 34.3 Å². The summed E-state index contributed by atoms with van der Waals surface area (Å²) in [5.41, 5.74) is 9.71. The van der Waals surface area contributed by atoms with Crippen LogP contribution in [-0.4, -0.2) is 53.2 Å². The largest absolute Gasteiger partial charge is 0.383 e. The lowest BCUT2D eigenvalue weighted by molar-refractivity contribution is -0.140. The number of carbonyl (C=O) groups is 2. The fourth-order valence-corrected chi connectivity index (χ4v) is 4.32. The molecule has 182 valence electrons. The monoisotopic (exact) mass is 482 g/mol. The molecular formula is C26H26N8O2. The Morgan fingerprint density at radius 3 is 2.50 bits per heavy atom. The molecule has 5 rings (SSSR count). The quantitative estimate of drug-likeness (QED) is 0.394. The van der Waals surface area contributed by atoms with Gasteiger partial charge in [-0.1, -0.05) is 30.3 Å². The second-order valence-electron chi connectivity index (χ2n) is 8.66.